The van der Waals surface area contributed by atoms with Crippen LogP contribution in [0.1, 0.15) is 44.6 Å². The van der Waals surface area contributed by atoms with Gasteiger partial charge in [0.05, 0.1) is 12.6 Å². The number of rotatable bonds is 9. The Balaban J connectivity index is 1.42. The minimum absolute atomic E-state index is 0.0413. The molecule has 2 saturated heterocycles. The molecular weight excluding hydrogens is 486 g/mol. The van der Waals surface area contributed by atoms with Crippen LogP contribution in [0.25, 0.3) is 0 Å². The Morgan fingerprint density at radius 1 is 1.16 bits per heavy atom. The predicted molar refractivity (Wildman–Crippen MR) is 126 cm³/mol. The van der Waals surface area contributed by atoms with E-state index in [4.69, 9.17) is 9.47 Å². The van der Waals surface area contributed by atoms with Crippen LogP contribution in [0.5, 0.6) is 11.5 Å². The number of aldehydes is 1. The van der Waals surface area contributed by atoms with Gasteiger partial charge < -0.3 is 19.6 Å². The number of fused-ring (bicyclic) bond motifs is 2. The number of urea groups is 1. The Bertz CT molecular complexity index is 1110. The molecule has 0 aromatic heterocycles. The second-order valence-corrected chi connectivity index (χ2v) is 9.08. The van der Waals surface area contributed by atoms with Gasteiger partial charge in [-0.05, 0) is 43.9 Å². The highest BCUT2D eigenvalue weighted by atomic mass is 16.7. The molecule has 2 atom stereocenters. The lowest BCUT2D eigenvalue weighted by molar-refractivity contribution is -0.155. The largest absolute Gasteiger partial charge is 0.454 e. The summed E-state index contributed by atoms with van der Waals surface area (Å²) >= 11 is 0. The Hall–Kier alpha value is -4.16. The number of benzene rings is 1. The minimum Gasteiger partial charge on any atom is -0.454 e. The van der Waals surface area contributed by atoms with Crippen molar-refractivity contribution in [1.82, 2.24) is 25.8 Å². The van der Waals surface area contributed by atoms with E-state index < -0.39 is 29.9 Å². The average molecular weight is 516 g/mol. The van der Waals surface area contributed by atoms with Crippen LogP contribution in [-0.4, -0.2) is 82.8 Å². The molecule has 1 aromatic carbocycles. The zero-order valence-corrected chi connectivity index (χ0v) is 20.4. The summed E-state index contributed by atoms with van der Waals surface area (Å²) in [6, 6.07) is 2.54. The zero-order valence-electron chi connectivity index (χ0n) is 20.4. The molecule has 3 aliphatic heterocycles. The van der Waals surface area contributed by atoms with Crippen LogP contribution in [-0.2, 0) is 30.4 Å². The fourth-order valence-electron chi connectivity index (χ4n) is 4.50. The second-order valence-electron chi connectivity index (χ2n) is 9.08. The number of hydrogen-bond acceptors (Lipinski definition) is 8. The first-order chi connectivity index (χ1) is 17.8. The lowest BCUT2D eigenvalue weighted by Gasteiger charge is -2.43. The number of nitrogens with one attached hydrogen (secondary N) is 2. The fourth-order valence-corrected chi connectivity index (χ4v) is 4.50. The van der Waals surface area contributed by atoms with E-state index in [0.717, 1.165) is 15.6 Å². The smallest absolute Gasteiger partial charge is 0.358 e. The van der Waals surface area contributed by atoms with Crippen molar-refractivity contribution in [2.45, 2.75) is 57.5 Å². The number of carbonyl (C=O) groups is 6. The molecule has 198 valence electrons. The van der Waals surface area contributed by atoms with Gasteiger partial charge in [-0.1, -0.05) is 6.07 Å². The molecule has 0 aliphatic carbocycles. The first-order valence-electron chi connectivity index (χ1n) is 12.1. The van der Waals surface area contributed by atoms with Gasteiger partial charge in [-0.15, -0.1) is 0 Å². The van der Waals surface area contributed by atoms with E-state index in [9.17, 15) is 28.8 Å². The minimum atomic E-state index is -1.08. The highest BCUT2D eigenvalue weighted by Crippen LogP contribution is 2.32. The van der Waals surface area contributed by atoms with Crippen molar-refractivity contribution in [3.63, 3.8) is 0 Å². The summed E-state index contributed by atoms with van der Waals surface area (Å²) in [4.78, 5) is 74.6. The molecular formula is C24H29N5O8. The average Bonchev–Trinajstić information content (AvgIpc) is 3.31. The van der Waals surface area contributed by atoms with Crippen LogP contribution in [0.4, 0.5) is 4.79 Å². The lowest BCUT2D eigenvalue weighted by atomic mass is 10.1. The van der Waals surface area contributed by atoms with Crippen LogP contribution in [0, 0.1) is 0 Å². The van der Waals surface area contributed by atoms with Crippen molar-refractivity contribution in [3.8, 4) is 11.5 Å². The number of hydrazine groups is 2. The Labute approximate surface area is 212 Å². The van der Waals surface area contributed by atoms with Crippen molar-refractivity contribution in [2.75, 3.05) is 19.9 Å². The van der Waals surface area contributed by atoms with Gasteiger partial charge >= 0.3 is 6.03 Å². The fraction of sp³-hybridized carbons (Fsp3) is 0.500. The van der Waals surface area contributed by atoms with Crippen LogP contribution in [0.3, 0.4) is 0 Å². The van der Waals surface area contributed by atoms with Crippen LogP contribution >= 0.6 is 0 Å². The van der Waals surface area contributed by atoms with E-state index >= 15 is 0 Å². The molecule has 0 saturated carbocycles. The maximum Gasteiger partial charge on any atom is 0.358 e. The number of Topliss-reactive ketones (excluding diaryl/α,β-unsaturated/α-hetero) is 1. The van der Waals surface area contributed by atoms with E-state index in [1.165, 1.54) is 11.9 Å². The Morgan fingerprint density at radius 2 is 1.95 bits per heavy atom. The van der Waals surface area contributed by atoms with Crippen molar-refractivity contribution in [2.24, 2.45) is 0 Å². The van der Waals surface area contributed by atoms with Gasteiger partial charge in [0, 0.05) is 25.8 Å². The third kappa shape index (κ3) is 5.98. The van der Waals surface area contributed by atoms with Crippen LogP contribution < -0.4 is 20.2 Å². The summed E-state index contributed by atoms with van der Waals surface area (Å²) in [5.41, 5.74) is 3.41. The zero-order chi connectivity index (χ0) is 26.5. The number of ketones is 1. The summed E-state index contributed by atoms with van der Waals surface area (Å²) < 4.78 is 10.6. The highest BCUT2D eigenvalue weighted by Gasteiger charge is 2.44. The molecule has 13 nitrogen and oxygen atoms in total. The standard InChI is InChI=1S/C24H29N5O8/c1-15(31)11-17(13-30)25-23(34)18-3-2-9-28-22(33)8-10-27(24(35)29(18)28)26-21(32)7-5-16-4-6-19-20(12-16)37-14-36-19/h4,6,12-13,17-18H,2-3,5,7-11,14H2,1H3,(H,25,34)(H,26,32)/t17-,18-/m0/s1. The quantitative estimate of drug-likeness (QED) is 0.438. The summed E-state index contributed by atoms with van der Waals surface area (Å²) in [7, 11) is 0. The number of carbonyl (C=O) groups excluding carboxylic acids is 6. The molecule has 0 radical (unpaired) electrons. The normalized spacial score (nSPS) is 19.6. The Kier molecular flexibility index (Phi) is 7.89. The van der Waals surface area contributed by atoms with Gasteiger partial charge in [-0.2, -0.15) is 0 Å². The van der Waals surface area contributed by atoms with Crippen LogP contribution in [0.15, 0.2) is 18.2 Å². The summed E-state index contributed by atoms with van der Waals surface area (Å²) in [5, 5.41) is 5.79. The van der Waals surface area contributed by atoms with Crippen LogP contribution in [0.2, 0.25) is 0 Å². The molecule has 1 aromatic rings. The van der Waals surface area contributed by atoms with Gasteiger partial charge in [0.2, 0.25) is 24.5 Å². The second kappa shape index (κ2) is 11.3. The van der Waals surface area contributed by atoms with Gasteiger partial charge in [0.15, 0.2) is 11.5 Å². The number of aryl methyl sites for hydroxylation is 1. The SMILES string of the molecule is CC(=O)C[C@@H](C=O)NC(=O)[C@@H]1CCCN2C(=O)CCN(NC(=O)CCc3ccc4c(c3)OCO4)C(=O)N12. The van der Waals surface area contributed by atoms with Gasteiger partial charge in [-0.3, -0.25) is 24.6 Å². The van der Waals surface area contributed by atoms with Gasteiger partial charge in [-0.25, -0.2) is 19.8 Å². The molecule has 2 fully saturated rings. The third-order valence-corrected chi connectivity index (χ3v) is 6.31. The maximum atomic E-state index is 13.4. The molecule has 5 amide bonds. The van der Waals surface area contributed by atoms with Crippen molar-refractivity contribution in [3.05, 3.63) is 23.8 Å². The van der Waals surface area contributed by atoms with E-state index in [1.807, 2.05) is 6.07 Å². The van der Waals surface area contributed by atoms with Crippen molar-refractivity contribution in [1.29, 1.82) is 0 Å². The molecule has 3 aliphatic rings. The number of nitrogens with zero attached hydrogens (tertiary/aromatic N) is 3. The number of ether oxygens (including phenoxy) is 2. The molecule has 0 bridgehead atoms. The van der Waals surface area contributed by atoms with E-state index in [-0.39, 0.29) is 57.3 Å². The molecule has 3 heterocycles. The predicted octanol–water partition coefficient (Wildman–Crippen LogP) is 0.0756. The summed E-state index contributed by atoms with van der Waals surface area (Å²) in [6.07, 6.45) is 1.41. The topological polar surface area (TPSA) is 155 Å². The monoisotopic (exact) mass is 515 g/mol. The van der Waals surface area contributed by atoms with Gasteiger partial charge in [0.25, 0.3) is 0 Å². The van der Waals surface area contributed by atoms with Crippen molar-refractivity contribution < 1.29 is 38.2 Å². The lowest BCUT2D eigenvalue weighted by Crippen LogP contribution is -2.64. The first kappa shape index (κ1) is 25.9. The van der Waals surface area contributed by atoms with E-state index in [2.05, 4.69) is 10.7 Å². The maximum absolute atomic E-state index is 13.4. The number of hydrogen-bond donors (Lipinski definition) is 2. The molecule has 2 N–H and O–H groups in total. The molecule has 37 heavy (non-hydrogen) atoms. The highest BCUT2D eigenvalue weighted by molar-refractivity contribution is 5.93. The molecule has 0 unspecified atom stereocenters. The van der Waals surface area contributed by atoms with E-state index in [0.29, 0.717) is 30.6 Å². The third-order valence-electron chi connectivity index (χ3n) is 6.31. The summed E-state index contributed by atoms with van der Waals surface area (Å²) in [6.45, 7) is 1.63. The first-order valence-corrected chi connectivity index (χ1v) is 12.1. The summed E-state index contributed by atoms with van der Waals surface area (Å²) in [5.74, 6) is -0.489. The Morgan fingerprint density at radius 3 is 2.70 bits per heavy atom. The van der Waals surface area contributed by atoms with Gasteiger partial charge in [0.1, 0.15) is 18.1 Å². The van der Waals surface area contributed by atoms with E-state index in [1.54, 1.807) is 12.1 Å². The molecule has 13 heteroatoms. The molecule has 4 rings (SSSR count). The molecule has 0 spiro atoms. The van der Waals surface area contributed by atoms with Crippen molar-refractivity contribution >= 4 is 35.8 Å². The number of amides is 5.